The number of ether oxygens (including phenoxy) is 1. The van der Waals surface area contributed by atoms with E-state index in [-0.39, 0.29) is 17.2 Å². The van der Waals surface area contributed by atoms with Crippen LogP contribution >= 0.6 is 34.8 Å². The first-order chi connectivity index (χ1) is 10.1. The lowest BCUT2D eigenvalue weighted by Gasteiger charge is -2.07. The van der Waals surface area contributed by atoms with Crippen LogP contribution in [0.4, 0.5) is 0 Å². The average molecular weight is 343 g/mol. The maximum absolute atomic E-state index is 6.03. The quantitative estimate of drug-likeness (QED) is 0.724. The molecule has 0 saturated carbocycles. The Kier molecular flexibility index (Phi) is 3.92. The first-order valence-corrected chi connectivity index (χ1v) is 6.78. The maximum atomic E-state index is 6.03. The van der Waals surface area contributed by atoms with Gasteiger partial charge in [0.25, 0.3) is 0 Å². The molecule has 3 aromatic rings. The fourth-order valence-corrected chi connectivity index (χ4v) is 2.11. The van der Waals surface area contributed by atoms with Gasteiger partial charge in [-0.25, -0.2) is 4.98 Å². The summed E-state index contributed by atoms with van der Waals surface area (Å²) in [5.41, 5.74) is 0. The Hall–Kier alpha value is -1.89. The molecule has 0 aliphatic rings. The molecule has 9 heteroatoms. The Morgan fingerprint density at radius 2 is 1.90 bits per heavy atom. The van der Waals surface area contributed by atoms with Crippen LogP contribution in [0.2, 0.25) is 15.3 Å². The van der Waals surface area contributed by atoms with E-state index in [1.807, 2.05) is 0 Å². The highest BCUT2D eigenvalue weighted by atomic mass is 35.5. The lowest BCUT2D eigenvalue weighted by Crippen LogP contribution is -2.03. The molecule has 6 nitrogen and oxygen atoms in total. The molecular formula is C12H6Cl3N5O. The molecule has 0 atom stereocenters. The van der Waals surface area contributed by atoms with Crippen LogP contribution in [-0.2, 0) is 0 Å². The highest BCUT2D eigenvalue weighted by Crippen LogP contribution is 2.30. The molecule has 0 spiro atoms. The molecule has 3 rings (SSSR count). The van der Waals surface area contributed by atoms with E-state index in [4.69, 9.17) is 39.5 Å². The predicted molar refractivity (Wildman–Crippen MR) is 78.5 cm³/mol. The van der Waals surface area contributed by atoms with E-state index < -0.39 is 0 Å². The Balaban J connectivity index is 1.95. The van der Waals surface area contributed by atoms with E-state index in [0.717, 1.165) is 0 Å². The molecule has 0 amide bonds. The third-order valence-electron chi connectivity index (χ3n) is 2.41. The molecule has 0 fully saturated rings. The van der Waals surface area contributed by atoms with Crippen LogP contribution < -0.4 is 4.74 Å². The van der Waals surface area contributed by atoms with Crippen molar-refractivity contribution in [1.82, 2.24) is 24.5 Å². The lowest BCUT2D eigenvalue weighted by molar-refractivity contribution is 0.438. The summed E-state index contributed by atoms with van der Waals surface area (Å²) >= 11 is 17.7. The Morgan fingerprint density at radius 3 is 2.62 bits per heavy atom. The molecular weight excluding hydrogens is 337 g/mol. The standard InChI is InChI=1S/C12H6Cl3N5O/c13-7-1-2-9(8(14)5-7)21-12-18-10(15)17-11(19-12)20-4-3-16-6-20/h1-6H. The third kappa shape index (κ3) is 3.24. The molecule has 2 aromatic heterocycles. The number of imidazole rings is 1. The number of rotatable bonds is 3. The van der Waals surface area contributed by atoms with Gasteiger partial charge in [0.05, 0.1) is 5.02 Å². The fraction of sp³-hybridized carbons (Fsp3) is 0. The number of aromatic nitrogens is 5. The number of hydrogen-bond donors (Lipinski definition) is 0. The van der Waals surface area contributed by atoms with Gasteiger partial charge in [0, 0.05) is 17.4 Å². The van der Waals surface area contributed by atoms with Gasteiger partial charge >= 0.3 is 6.01 Å². The van der Waals surface area contributed by atoms with Crippen molar-refractivity contribution in [3.8, 4) is 17.7 Å². The van der Waals surface area contributed by atoms with E-state index in [1.54, 1.807) is 35.2 Å². The molecule has 0 aliphatic heterocycles. The van der Waals surface area contributed by atoms with Crippen molar-refractivity contribution in [3.05, 3.63) is 52.2 Å². The van der Waals surface area contributed by atoms with Gasteiger partial charge in [-0.15, -0.1) is 0 Å². The second-order valence-corrected chi connectivity index (χ2v) is 5.02. The number of halogens is 3. The molecule has 0 N–H and O–H groups in total. The largest absolute Gasteiger partial charge is 0.423 e. The fourth-order valence-electron chi connectivity index (χ4n) is 1.52. The normalized spacial score (nSPS) is 10.6. The number of nitrogens with zero attached hydrogens (tertiary/aromatic N) is 5. The van der Waals surface area contributed by atoms with Gasteiger partial charge in [-0.05, 0) is 29.8 Å². The van der Waals surface area contributed by atoms with Crippen LogP contribution in [0.15, 0.2) is 36.9 Å². The molecule has 0 unspecified atom stereocenters. The topological polar surface area (TPSA) is 65.7 Å². The number of hydrogen-bond acceptors (Lipinski definition) is 5. The highest BCUT2D eigenvalue weighted by Gasteiger charge is 2.11. The van der Waals surface area contributed by atoms with E-state index >= 15 is 0 Å². The molecule has 0 aliphatic carbocycles. The van der Waals surface area contributed by atoms with Gasteiger partial charge < -0.3 is 4.74 Å². The van der Waals surface area contributed by atoms with Gasteiger partial charge in [-0.3, -0.25) is 4.57 Å². The molecule has 0 saturated heterocycles. The summed E-state index contributed by atoms with van der Waals surface area (Å²) < 4.78 is 7.09. The van der Waals surface area contributed by atoms with Crippen molar-refractivity contribution in [2.45, 2.75) is 0 Å². The maximum Gasteiger partial charge on any atom is 0.328 e. The van der Waals surface area contributed by atoms with Crippen LogP contribution in [0.5, 0.6) is 11.8 Å². The summed E-state index contributed by atoms with van der Waals surface area (Å²) in [6.45, 7) is 0. The van der Waals surface area contributed by atoms with Gasteiger partial charge in [-0.2, -0.15) is 15.0 Å². The second kappa shape index (κ2) is 5.85. The second-order valence-electron chi connectivity index (χ2n) is 3.83. The summed E-state index contributed by atoms with van der Waals surface area (Å²) in [6.07, 6.45) is 4.80. The van der Waals surface area contributed by atoms with Crippen LogP contribution in [0, 0.1) is 0 Å². The van der Waals surface area contributed by atoms with E-state index in [9.17, 15) is 0 Å². The van der Waals surface area contributed by atoms with Crippen molar-refractivity contribution in [1.29, 1.82) is 0 Å². The van der Waals surface area contributed by atoms with E-state index in [0.29, 0.717) is 15.8 Å². The SMILES string of the molecule is Clc1ccc(Oc2nc(Cl)nc(-n3ccnc3)n2)c(Cl)c1. The summed E-state index contributed by atoms with van der Waals surface area (Å²) in [7, 11) is 0. The summed E-state index contributed by atoms with van der Waals surface area (Å²) in [5.74, 6) is 0.646. The monoisotopic (exact) mass is 341 g/mol. The van der Waals surface area contributed by atoms with Gasteiger partial charge in [0.2, 0.25) is 11.2 Å². The van der Waals surface area contributed by atoms with Crippen molar-refractivity contribution in [2.75, 3.05) is 0 Å². The zero-order valence-corrected chi connectivity index (χ0v) is 12.5. The van der Waals surface area contributed by atoms with Crippen LogP contribution in [-0.4, -0.2) is 24.5 Å². The first kappa shape index (κ1) is 14.1. The van der Waals surface area contributed by atoms with Crippen LogP contribution in [0.25, 0.3) is 5.95 Å². The van der Waals surface area contributed by atoms with Crippen LogP contribution in [0.1, 0.15) is 0 Å². The Bertz CT molecular complexity index is 779. The molecule has 106 valence electrons. The van der Waals surface area contributed by atoms with E-state index in [1.165, 1.54) is 6.33 Å². The van der Waals surface area contributed by atoms with Crippen molar-refractivity contribution in [3.63, 3.8) is 0 Å². The summed E-state index contributed by atoms with van der Waals surface area (Å²) in [4.78, 5) is 15.9. The van der Waals surface area contributed by atoms with Gasteiger partial charge in [0.15, 0.2) is 0 Å². The number of benzene rings is 1. The minimum absolute atomic E-state index is 0.00575. The lowest BCUT2D eigenvalue weighted by atomic mass is 10.3. The zero-order chi connectivity index (χ0) is 14.8. The van der Waals surface area contributed by atoms with Crippen molar-refractivity contribution < 1.29 is 4.74 Å². The van der Waals surface area contributed by atoms with Crippen molar-refractivity contribution in [2.24, 2.45) is 0 Å². The van der Waals surface area contributed by atoms with Gasteiger partial charge in [-0.1, -0.05) is 23.2 Å². The third-order valence-corrected chi connectivity index (χ3v) is 3.11. The Labute approximate surface area is 134 Å². The molecule has 2 heterocycles. The summed E-state index contributed by atoms with van der Waals surface area (Å²) in [5, 5.41) is 0.831. The highest BCUT2D eigenvalue weighted by molar-refractivity contribution is 6.35. The molecule has 0 bridgehead atoms. The molecule has 0 radical (unpaired) electrons. The minimum Gasteiger partial charge on any atom is -0.423 e. The minimum atomic E-state index is -0.00575. The van der Waals surface area contributed by atoms with Gasteiger partial charge in [0.1, 0.15) is 12.1 Å². The van der Waals surface area contributed by atoms with E-state index in [2.05, 4.69) is 19.9 Å². The van der Waals surface area contributed by atoms with Crippen molar-refractivity contribution >= 4 is 34.8 Å². The summed E-state index contributed by atoms with van der Waals surface area (Å²) in [6, 6.07) is 4.82. The molecule has 21 heavy (non-hydrogen) atoms. The van der Waals surface area contributed by atoms with Crippen LogP contribution in [0.3, 0.4) is 0 Å². The average Bonchev–Trinajstić information content (AvgIpc) is 2.95. The smallest absolute Gasteiger partial charge is 0.328 e. The molecule has 1 aromatic carbocycles. The predicted octanol–water partition coefficient (Wildman–Crippen LogP) is 3.81. The zero-order valence-electron chi connectivity index (χ0n) is 10.2. The Morgan fingerprint density at radius 1 is 1.05 bits per heavy atom. The first-order valence-electron chi connectivity index (χ1n) is 5.64.